The Hall–Kier alpha value is -3.02. The molecule has 2 heterocycles. The van der Waals surface area contributed by atoms with Crippen LogP contribution < -0.4 is 14.8 Å². The minimum atomic E-state index is -0.00755. The molecule has 25 heavy (non-hydrogen) atoms. The third-order valence-electron chi connectivity index (χ3n) is 3.97. The summed E-state index contributed by atoms with van der Waals surface area (Å²) in [4.78, 5) is 16.5. The van der Waals surface area contributed by atoms with Crippen LogP contribution in [0.5, 0.6) is 11.5 Å². The number of amides is 1. The number of ether oxygens (including phenoxy) is 2. The normalized spacial score (nSPS) is 10.6. The second-order valence-corrected chi connectivity index (χ2v) is 5.66. The molecule has 6 heteroatoms. The first-order valence-electron chi connectivity index (χ1n) is 8.10. The van der Waals surface area contributed by atoms with E-state index in [0.717, 1.165) is 16.9 Å². The fraction of sp³-hybridized carbons (Fsp3) is 0.263. The molecule has 1 N–H and O–H groups in total. The average molecular weight is 339 g/mol. The molecule has 0 fully saturated rings. The standard InChI is InChI=1S/C19H21N3O3/c1-24-16-8-6-14(11-17(16)25-2)7-9-19(23)20-12-15-13-22-10-4-3-5-18(22)21-15/h3-6,8,10-11,13H,7,9,12H2,1-2H3,(H,20,23). The van der Waals surface area contributed by atoms with E-state index in [1.807, 2.05) is 53.2 Å². The topological polar surface area (TPSA) is 64.9 Å². The number of carbonyl (C=O) groups is 1. The summed E-state index contributed by atoms with van der Waals surface area (Å²) >= 11 is 0. The first-order valence-corrected chi connectivity index (χ1v) is 8.10. The number of hydrogen-bond acceptors (Lipinski definition) is 4. The molecular formula is C19H21N3O3. The van der Waals surface area contributed by atoms with Crippen LogP contribution in [0.15, 0.2) is 48.8 Å². The number of imidazole rings is 1. The fourth-order valence-corrected chi connectivity index (χ4v) is 2.64. The van der Waals surface area contributed by atoms with Crippen LogP contribution in [0, 0.1) is 0 Å². The molecule has 3 aromatic rings. The van der Waals surface area contributed by atoms with E-state index < -0.39 is 0 Å². The summed E-state index contributed by atoms with van der Waals surface area (Å²) in [6.07, 6.45) is 4.90. The highest BCUT2D eigenvalue weighted by molar-refractivity contribution is 5.76. The first-order chi connectivity index (χ1) is 12.2. The Morgan fingerprint density at radius 3 is 2.76 bits per heavy atom. The van der Waals surface area contributed by atoms with Gasteiger partial charge in [0, 0.05) is 18.8 Å². The Bertz CT molecular complexity index is 840. The summed E-state index contributed by atoms with van der Waals surface area (Å²) in [7, 11) is 3.20. The van der Waals surface area contributed by atoms with Gasteiger partial charge in [0.15, 0.2) is 11.5 Å². The lowest BCUT2D eigenvalue weighted by Crippen LogP contribution is -2.23. The lowest BCUT2D eigenvalue weighted by atomic mass is 10.1. The number of carbonyl (C=O) groups excluding carboxylic acids is 1. The van der Waals surface area contributed by atoms with Gasteiger partial charge in [-0.3, -0.25) is 4.79 Å². The molecule has 0 aliphatic rings. The van der Waals surface area contributed by atoms with E-state index in [2.05, 4.69) is 10.3 Å². The van der Waals surface area contributed by atoms with E-state index >= 15 is 0 Å². The van der Waals surface area contributed by atoms with Crippen LogP contribution in [0.2, 0.25) is 0 Å². The third kappa shape index (κ3) is 4.09. The summed E-state index contributed by atoms with van der Waals surface area (Å²) in [6, 6.07) is 11.5. The van der Waals surface area contributed by atoms with Crippen LogP contribution in [0.25, 0.3) is 5.65 Å². The van der Waals surface area contributed by atoms with Gasteiger partial charge in [0.25, 0.3) is 0 Å². The Balaban J connectivity index is 1.52. The lowest BCUT2D eigenvalue weighted by molar-refractivity contribution is -0.121. The number of nitrogens with zero attached hydrogens (tertiary/aromatic N) is 2. The van der Waals surface area contributed by atoms with Crippen molar-refractivity contribution in [2.45, 2.75) is 19.4 Å². The zero-order chi connectivity index (χ0) is 17.6. The number of aryl methyl sites for hydroxylation is 1. The minimum Gasteiger partial charge on any atom is -0.493 e. The van der Waals surface area contributed by atoms with E-state index in [1.165, 1.54) is 0 Å². The summed E-state index contributed by atoms with van der Waals surface area (Å²) in [6.45, 7) is 0.423. The predicted octanol–water partition coefficient (Wildman–Crippen LogP) is 2.60. The number of rotatable bonds is 7. The monoisotopic (exact) mass is 339 g/mol. The van der Waals surface area contributed by atoms with Crippen LogP contribution >= 0.6 is 0 Å². The van der Waals surface area contributed by atoms with Gasteiger partial charge in [-0.15, -0.1) is 0 Å². The summed E-state index contributed by atoms with van der Waals surface area (Å²) in [5, 5.41) is 2.91. The molecule has 1 aromatic carbocycles. The SMILES string of the molecule is COc1ccc(CCC(=O)NCc2cn3ccccc3n2)cc1OC. The molecule has 2 aromatic heterocycles. The van der Waals surface area contributed by atoms with Crippen molar-refractivity contribution < 1.29 is 14.3 Å². The number of methoxy groups -OCH3 is 2. The van der Waals surface area contributed by atoms with Gasteiger partial charge in [-0.25, -0.2) is 4.98 Å². The summed E-state index contributed by atoms with van der Waals surface area (Å²) in [5.74, 6) is 1.35. The molecule has 0 aliphatic carbocycles. The Labute approximate surface area is 146 Å². The largest absolute Gasteiger partial charge is 0.493 e. The molecule has 0 spiro atoms. The van der Waals surface area contributed by atoms with Gasteiger partial charge in [0.05, 0.1) is 26.5 Å². The lowest BCUT2D eigenvalue weighted by Gasteiger charge is -2.09. The van der Waals surface area contributed by atoms with E-state index in [9.17, 15) is 4.79 Å². The molecule has 0 aliphatic heterocycles. The fourth-order valence-electron chi connectivity index (χ4n) is 2.64. The minimum absolute atomic E-state index is 0.00755. The molecular weight excluding hydrogens is 318 g/mol. The molecule has 0 unspecified atom stereocenters. The number of benzene rings is 1. The predicted molar refractivity (Wildman–Crippen MR) is 94.9 cm³/mol. The van der Waals surface area contributed by atoms with Crippen molar-refractivity contribution in [3.05, 3.63) is 60.0 Å². The van der Waals surface area contributed by atoms with Gasteiger partial charge >= 0.3 is 0 Å². The van der Waals surface area contributed by atoms with Crippen LogP contribution in [-0.2, 0) is 17.8 Å². The van der Waals surface area contributed by atoms with Gasteiger partial charge in [-0.1, -0.05) is 12.1 Å². The van der Waals surface area contributed by atoms with Gasteiger partial charge in [-0.05, 0) is 36.2 Å². The molecule has 0 radical (unpaired) electrons. The highest BCUT2D eigenvalue weighted by Gasteiger charge is 2.08. The average Bonchev–Trinajstić information content (AvgIpc) is 3.07. The first kappa shape index (κ1) is 16.8. The van der Waals surface area contributed by atoms with Gasteiger partial charge in [0.1, 0.15) is 5.65 Å². The zero-order valence-corrected chi connectivity index (χ0v) is 14.4. The van der Waals surface area contributed by atoms with Crippen molar-refractivity contribution in [1.29, 1.82) is 0 Å². The highest BCUT2D eigenvalue weighted by atomic mass is 16.5. The molecule has 1 amide bonds. The maximum Gasteiger partial charge on any atom is 0.220 e. The maximum atomic E-state index is 12.1. The molecule has 0 saturated carbocycles. The van der Waals surface area contributed by atoms with E-state index in [0.29, 0.717) is 30.9 Å². The zero-order valence-electron chi connectivity index (χ0n) is 14.4. The maximum absolute atomic E-state index is 12.1. The molecule has 0 bridgehead atoms. The molecule has 0 atom stereocenters. The van der Waals surface area contributed by atoms with Crippen LogP contribution in [-0.4, -0.2) is 29.5 Å². The van der Waals surface area contributed by atoms with E-state index in [-0.39, 0.29) is 5.91 Å². The Morgan fingerprint density at radius 1 is 1.16 bits per heavy atom. The van der Waals surface area contributed by atoms with Crippen molar-refractivity contribution in [2.24, 2.45) is 0 Å². The highest BCUT2D eigenvalue weighted by Crippen LogP contribution is 2.27. The third-order valence-corrected chi connectivity index (χ3v) is 3.97. The van der Waals surface area contributed by atoms with Gasteiger partial charge in [0.2, 0.25) is 5.91 Å². The summed E-state index contributed by atoms with van der Waals surface area (Å²) < 4.78 is 12.4. The second kappa shape index (κ2) is 7.70. The number of aromatic nitrogens is 2. The van der Waals surface area contributed by atoms with E-state index in [4.69, 9.17) is 9.47 Å². The Kier molecular flexibility index (Phi) is 5.18. The van der Waals surface area contributed by atoms with Crippen molar-refractivity contribution in [2.75, 3.05) is 14.2 Å². The number of hydrogen-bond donors (Lipinski definition) is 1. The van der Waals surface area contributed by atoms with Crippen LogP contribution in [0.1, 0.15) is 17.7 Å². The summed E-state index contributed by atoms with van der Waals surface area (Å²) in [5.41, 5.74) is 2.74. The van der Waals surface area contributed by atoms with Crippen molar-refractivity contribution >= 4 is 11.6 Å². The Morgan fingerprint density at radius 2 is 2.00 bits per heavy atom. The van der Waals surface area contributed by atoms with Crippen LogP contribution in [0.4, 0.5) is 0 Å². The number of fused-ring (bicyclic) bond motifs is 1. The van der Waals surface area contributed by atoms with Crippen molar-refractivity contribution in [1.82, 2.24) is 14.7 Å². The molecule has 0 saturated heterocycles. The molecule has 6 nitrogen and oxygen atoms in total. The number of nitrogens with one attached hydrogen (secondary N) is 1. The van der Waals surface area contributed by atoms with E-state index in [1.54, 1.807) is 14.2 Å². The van der Waals surface area contributed by atoms with Gasteiger partial charge in [-0.2, -0.15) is 0 Å². The van der Waals surface area contributed by atoms with Crippen molar-refractivity contribution in [3.8, 4) is 11.5 Å². The smallest absolute Gasteiger partial charge is 0.220 e. The quantitative estimate of drug-likeness (QED) is 0.719. The molecule has 3 rings (SSSR count). The van der Waals surface area contributed by atoms with Crippen molar-refractivity contribution in [3.63, 3.8) is 0 Å². The second-order valence-electron chi connectivity index (χ2n) is 5.66. The molecule has 130 valence electrons. The van der Waals surface area contributed by atoms with Crippen LogP contribution in [0.3, 0.4) is 0 Å². The van der Waals surface area contributed by atoms with Gasteiger partial charge < -0.3 is 19.2 Å². The number of pyridine rings is 1.